The van der Waals surface area contributed by atoms with Crippen molar-refractivity contribution < 1.29 is 9.90 Å². The number of rotatable bonds is 3. The van der Waals surface area contributed by atoms with Gasteiger partial charge in [-0.3, -0.25) is 4.79 Å². The summed E-state index contributed by atoms with van der Waals surface area (Å²) >= 11 is 0. The van der Waals surface area contributed by atoms with E-state index in [1.165, 1.54) is 11.0 Å². The average molecular weight is 350 g/mol. The van der Waals surface area contributed by atoms with Crippen LogP contribution in [0.3, 0.4) is 0 Å². The molecule has 1 aliphatic rings. The Balaban J connectivity index is 1.44. The van der Waals surface area contributed by atoms with Gasteiger partial charge in [0, 0.05) is 37.4 Å². The van der Waals surface area contributed by atoms with Crippen LogP contribution in [0.1, 0.15) is 10.4 Å². The van der Waals surface area contributed by atoms with Crippen molar-refractivity contribution in [2.75, 3.05) is 31.1 Å². The zero-order valence-electron chi connectivity index (χ0n) is 14.1. The number of hydrogen-bond acceptors (Lipinski definition) is 6. The number of aromatic nitrogens is 4. The molecule has 1 saturated heterocycles. The predicted molar refractivity (Wildman–Crippen MR) is 95.4 cm³/mol. The first-order chi connectivity index (χ1) is 12.7. The lowest BCUT2D eigenvalue weighted by molar-refractivity contribution is 0.0746. The van der Waals surface area contributed by atoms with E-state index in [9.17, 15) is 9.90 Å². The summed E-state index contributed by atoms with van der Waals surface area (Å²) in [5, 5.41) is 20.5. The minimum Gasteiger partial charge on any atom is -0.508 e. The van der Waals surface area contributed by atoms with Crippen LogP contribution in [-0.4, -0.2) is 62.3 Å². The second-order valence-corrected chi connectivity index (χ2v) is 6.10. The Hall–Kier alpha value is -3.42. The highest BCUT2D eigenvalue weighted by molar-refractivity contribution is 5.95. The molecule has 0 bridgehead atoms. The third-order valence-corrected chi connectivity index (χ3v) is 4.49. The van der Waals surface area contributed by atoms with Gasteiger partial charge in [-0.15, -0.1) is 5.10 Å². The summed E-state index contributed by atoms with van der Waals surface area (Å²) in [4.78, 5) is 16.9. The van der Waals surface area contributed by atoms with E-state index in [1.54, 1.807) is 18.2 Å². The maximum Gasteiger partial charge on any atom is 0.254 e. The highest BCUT2D eigenvalue weighted by atomic mass is 16.3. The minimum absolute atomic E-state index is 0.00489. The van der Waals surface area contributed by atoms with Crippen molar-refractivity contribution >= 4 is 11.6 Å². The summed E-state index contributed by atoms with van der Waals surface area (Å²) in [5.41, 5.74) is 2.43. The number of nitrogens with zero attached hydrogens (tertiary/aromatic N) is 6. The number of anilines is 1. The lowest BCUT2D eigenvalue weighted by Gasteiger charge is -2.36. The highest BCUT2D eigenvalue weighted by Crippen LogP contribution is 2.20. The van der Waals surface area contributed by atoms with Crippen LogP contribution in [0.2, 0.25) is 0 Å². The van der Waals surface area contributed by atoms with Crippen LogP contribution in [0.25, 0.3) is 5.69 Å². The highest BCUT2D eigenvalue weighted by Gasteiger charge is 2.22. The number of amides is 1. The second-order valence-electron chi connectivity index (χ2n) is 6.10. The van der Waals surface area contributed by atoms with Crippen LogP contribution in [-0.2, 0) is 0 Å². The van der Waals surface area contributed by atoms with Crippen molar-refractivity contribution in [3.05, 3.63) is 60.4 Å². The smallest absolute Gasteiger partial charge is 0.254 e. The Bertz CT molecular complexity index is 886. The fourth-order valence-electron chi connectivity index (χ4n) is 3.07. The Morgan fingerprint density at radius 1 is 0.962 bits per heavy atom. The van der Waals surface area contributed by atoms with Gasteiger partial charge in [0.1, 0.15) is 12.1 Å². The number of piperazine rings is 1. The molecule has 1 N–H and O–H groups in total. The topological polar surface area (TPSA) is 87.4 Å². The molecule has 0 aliphatic carbocycles. The number of tetrazole rings is 1. The molecule has 4 rings (SSSR count). The lowest BCUT2D eigenvalue weighted by atomic mass is 10.1. The normalized spacial score (nSPS) is 14.5. The van der Waals surface area contributed by atoms with Gasteiger partial charge in [-0.1, -0.05) is 6.07 Å². The van der Waals surface area contributed by atoms with Gasteiger partial charge in [0.05, 0.1) is 5.69 Å². The first kappa shape index (κ1) is 16.1. The van der Waals surface area contributed by atoms with Gasteiger partial charge in [0.15, 0.2) is 0 Å². The Labute approximate surface area is 150 Å². The molecule has 2 aromatic carbocycles. The van der Waals surface area contributed by atoms with Gasteiger partial charge < -0.3 is 14.9 Å². The first-order valence-electron chi connectivity index (χ1n) is 8.37. The summed E-state index contributed by atoms with van der Waals surface area (Å²) in [7, 11) is 0. The predicted octanol–water partition coefficient (Wildman–Crippen LogP) is 1.33. The summed E-state index contributed by atoms with van der Waals surface area (Å²) in [6.45, 7) is 2.80. The van der Waals surface area contributed by atoms with Crippen LogP contribution in [0, 0.1) is 0 Å². The average Bonchev–Trinajstić information content (AvgIpc) is 3.23. The summed E-state index contributed by atoms with van der Waals surface area (Å²) in [6, 6.07) is 14.4. The SMILES string of the molecule is O=C(c1cccc(-n2cnnn2)c1)N1CCN(c2ccc(O)cc2)CC1. The molecule has 3 aromatic rings. The first-order valence-corrected chi connectivity index (χ1v) is 8.37. The Morgan fingerprint density at radius 3 is 2.42 bits per heavy atom. The standard InChI is InChI=1S/C18H18N6O2/c25-17-6-4-15(5-7-17)22-8-10-23(11-9-22)18(26)14-2-1-3-16(12-14)24-13-19-20-21-24/h1-7,12-13,25H,8-11H2. The number of phenolic OH excluding ortho intramolecular Hbond substituents is 1. The maximum absolute atomic E-state index is 12.8. The molecule has 1 amide bonds. The number of phenols is 1. The molecule has 8 nitrogen and oxygen atoms in total. The van der Waals surface area contributed by atoms with Crippen LogP contribution >= 0.6 is 0 Å². The van der Waals surface area contributed by atoms with Crippen LogP contribution in [0.5, 0.6) is 5.75 Å². The van der Waals surface area contributed by atoms with E-state index in [4.69, 9.17) is 0 Å². The minimum atomic E-state index is 0.00489. The van der Waals surface area contributed by atoms with Gasteiger partial charge >= 0.3 is 0 Å². The number of carbonyl (C=O) groups is 1. The van der Waals surface area contributed by atoms with Gasteiger partial charge in [-0.05, 0) is 52.9 Å². The Morgan fingerprint density at radius 2 is 1.73 bits per heavy atom. The van der Waals surface area contributed by atoms with Gasteiger partial charge in [-0.25, -0.2) is 4.68 Å². The zero-order chi connectivity index (χ0) is 17.9. The summed E-state index contributed by atoms with van der Waals surface area (Å²) < 4.78 is 1.53. The number of carbonyl (C=O) groups excluding carboxylic acids is 1. The molecular formula is C18H18N6O2. The third-order valence-electron chi connectivity index (χ3n) is 4.49. The fourth-order valence-corrected chi connectivity index (χ4v) is 3.07. The molecule has 1 aromatic heterocycles. The molecule has 0 unspecified atom stereocenters. The van der Waals surface area contributed by atoms with Crippen LogP contribution in [0.4, 0.5) is 5.69 Å². The van der Waals surface area contributed by atoms with Crippen molar-refractivity contribution in [2.45, 2.75) is 0 Å². The van der Waals surface area contributed by atoms with E-state index in [0.29, 0.717) is 18.7 Å². The second kappa shape index (κ2) is 6.83. The molecule has 8 heteroatoms. The molecule has 1 fully saturated rings. The summed E-state index contributed by atoms with van der Waals surface area (Å²) in [6.07, 6.45) is 1.50. The zero-order valence-corrected chi connectivity index (χ0v) is 14.1. The van der Waals surface area contributed by atoms with Gasteiger partial charge in [-0.2, -0.15) is 0 Å². The van der Waals surface area contributed by atoms with Crippen molar-refractivity contribution in [1.29, 1.82) is 0 Å². The molecule has 132 valence electrons. The van der Waals surface area contributed by atoms with Crippen LogP contribution < -0.4 is 4.90 Å². The number of aromatic hydroxyl groups is 1. The van der Waals surface area contributed by atoms with E-state index in [1.807, 2.05) is 35.2 Å². The van der Waals surface area contributed by atoms with E-state index < -0.39 is 0 Å². The molecule has 0 spiro atoms. The largest absolute Gasteiger partial charge is 0.508 e. The molecular weight excluding hydrogens is 332 g/mol. The maximum atomic E-state index is 12.8. The summed E-state index contributed by atoms with van der Waals surface area (Å²) in [5.74, 6) is 0.260. The monoisotopic (exact) mass is 350 g/mol. The molecule has 1 aliphatic heterocycles. The molecule has 26 heavy (non-hydrogen) atoms. The Kier molecular flexibility index (Phi) is 4.22. The van der Waals surface area contributed by atoms with Crippen molar-refractivity contribution in [3.8, 4) is 11.4 Å². The third kappa shape index (κ3) is 3.21. The van der Waals surface area contributed by atoms with Crippen molar-refractivity contribution in [3.63, 3.8) is 0 Å². The van der Waals surface area contributed by atoms with E-state index >= 15 is 0 Å². The molecule has 0 saturated carbocycles. The number of benzene rings is 2. The quantitative estimate of drug-likeness (QED) is 0.767. The van der Waals surface area contributed by atoms with Crippen molar-refractivity contribution in [1.82, 2.24) is 25.1 Å². The van der Waals surface area contributed by atoms with Crippen LogP contribution in [0.15, 0.2) is 54.9 Å². The van der Waals surface area contributed by atoms with Gasteiger partial charge in [0.25, 0.3) is 5.91 Å². The lowest BCUT2D eigenvalue weighted by Crippen LogP contribution is -2.48. The fraction of sp³-hybridized carbons (Fsp3) is 0.222. The number of hydrogen-bond donors (Lipinski definition) is 1. The molecule has 0 radical (unpaired) electrons. The van der Waals surface area contributed by atoms with E-state index in [-0.39, 0.29) is 11.7 Å². The van der Waals surface area contributed by atoms with E-state index in [0.717, 1.165) is 24.5 Å². The van der Waals surface area contributed by atoms with Crippen molar-refractivity contribution in [2.24, 2.45) is 0 Å². The molecule has 0 atom stereocenters. The molecule has 2 heterocycles. The van der Waals surface area contributed by atoms with Gasteiger partial charge in [0.2, 0.25) is 0 Å². The van der Waals surface area contributed by atoms with E-state index in [2.05, 4.69) is 20.4 Å².